The highest BCUT2D eigenvalue weighted by Gasteiger charge is 2.44. The van der Waals surface area contributed by atoms with Crippen molar-refractivity contribution in [3.63, 3.8) is 0 Å². The molecule has 2 aromatic heterocycles. The van der Waals surface area contributed by atoms with Crippen molar-refractivity contribution in [2.24, 2.45) is 5.92 Å². The van der Waals surface area contributed by atoms with Gasteiger partial charge in [-0.3, -0.25) is 24.3 Å². The van der Waals surface area contributed by atoms with Crippen molar-refractivity contribution >= 4 is 34.4 Å². The van der Waals surface area contributed by atoms with Gasteiger partial charge in [-0.15, -0.1) is 0 Å². The molecule has 2 aliphatic heterocycles. The Morgan fingerprint density at radius 2 is 1.71 bits per heavy atom. The standard InChI is InChI=1S/C25H22N4O5/c1-33-19-11-10-17-20(28-19)22-18(12-26-17)27-23(30)21(34-22)13-6-8-14(9-7-13)29-24(31)15-4-2-3-5-16(15)25(29)32/h2-5,10-14,21H,6-9H2,1H3,(H,27,30). The predicted octanol–water partition coefficient (Wildman–Crippen LogP) is 3.19. The van der Waals surface area contributed by atoms with E-state index in [0.717, 1.165) is 0 Å². The molecule has 3 aromatic rings. The van der Waals surface area contributed by atoms with E-state index in [2.05, 4.69) is 15.3 Å². The number of imide groups is 1. The van der Waals surface area contributed by atoms with Crippen molar-refractivity contribution in [3.05, 3.63) is 53.7 Å². The number of nitrogens with zero attached hydrogens (tertiary/aromatic N) is 3. The average molecular weight is 458 g/mol. The van der Waals surface area contributed by atoms with Crippen LogP contribution in [0.1, 0.15) is 46.4 Å². The first kappa shape index (κ1) is 20.6. The second kappa shape index (κ2) is 7.79. The zero-order valence-corrected chi connectivity index (χ0v) is 18.5. The van der Waals surface area contributed by atoms with Crippen LogP contribution in [0.3, 0.4) is 0 Å². The van der Waals surface area contributed by atoms with Crippen LogP contribution in [0, 0.1) is 5.92 Å². The van der Waals surface area contributed by atoms with Gasteiger partial charge in [-0.1, -0.05) is 12.1 Å². The molecule has 6 rings (SSSR count). The summed E-state index contributed by atoms with van der Waals surface area (Å²) in [5.74, 6) is 0.179. The number of ether oxygens (including phenoxy) is 2. The molecule has 1 fully saturated rings. The number of hydrogen-bond acceptors (Lipinski definition) is 7. The Hall–Kier alpha value is -4.01. The van der Waals surface area contributed by atoms with Gasteiger partial charge in [-0.05, 0) is 43.9 Å². The van der Waals surface area contributed by atoms with Crippen LogP contribution in [0.25, 0.3) is 11.0 Å². The monoisotopic (exact) mass is 458 g/mol. The van der Waals surface area contributed by atoms with Crippen molar-refractivity contribution in [1.82, 2.24) is 14.9 Å². The number of methoxy groups -OCH3 is 1. The molecule has 3 aliphatic rings. The summed E-state index contributed by atoms with van der Waals surface area (Å²) in [5, 5.41) is 2.90. The Labute approximate surface area is 195 Å². The first-order valence-electron chi connectivity index (χ1n) is 11.3. The maximum atomic E-state index is 12.9. The molecular formula is C25H22N4O5. The van der Waals surface area contributed by atoms with E-state index in [-0.39, 0.29) is 29.7 Å². The van der Waals surface area contributed by atoms with Gasteiger partial charge in [0.2, 0.25) is 5.88 Å². The molecule has 34 heavy (non-hydrogen) atoms. The van der Waals surface area contributed by atoms with Crippen molar-refractivity contribution in [2.75, 3.05) is 12.4 Å². The zero-order valence-electron chi connectivity index (χ0n) is 18.5. The van der Waals surface area contributed by atoms with Gasteiger partial charge in [0.25, 0.3) is 17.7 Å². The smallest absolute Gasteiger partial charge is 0.265 e. The molecule has 9 heteroatoms. The van der Waals surface area contributed by atoms with Crippen molar-refractivity contribution in [3.8, 4) is 11.6 Å². The summed E-state index contributed by atoms with van der Waals surface area (Å²) < 4.78 is 11.5. The van der Waals surface area contributed by atoms with Crippen LogP contribution in [0.15, 0.2) is 42.6 Å². The zero-order chi connectivity index (χ0) is 23.4. The Balaban J connectivity index is 1.21. The first-order valence-corrected chi connectivity index (χ1v) is 11.3. The van der Waals surface area contributed by atoms with Gasteiger partial charge in [0.15, 0.2) is 11.9 Å². The summed E-state index contributed by atoms with van der Waals surface area (Å²) in [6, 6.07) is 10.3. The van der Waals surface area contributed by atoms with Gasteiger partial charge in [0, 0.05) is 18.0 Å². The SMILES string of the molecule is COc1ccc2ncc3c(c2n1)OC(C1CCC(N2C(=O)c4ccccc4C2=O)CC1)C(=O)N3. The van der Waals surface area contributed by atoms with Gasteiger partial charge >= 0.3 is 0 Å². The summed E-state index contributed by atoms with van der Waals surface area (Å²) in [5.41, 5.74) is 2.58. The summed E-state index contributed by atoms with van der Waals surface area (Å²) in [6.45, 7) is 0. The Morgan fingerprint density at radius 3 is 2.38 bits per heavy atom. The van der Waals surface area contributed by atoms with E-state index < -0.39 is 6.10 Å². The quantitative estimate of drug-likeness (QED) is 0.600. The number of fused-ring (bicyclic) bond motifs is 4. The van der Waals surface area contributed by atoms with Gasteiger partial charge in [0.1, 0.15) is 11.2 Å². The Morgan fingerprint density at radius 1 is 1.00 bits per heavy atom. The average Bonchev–Trinajstić information content (AvgIpc) is 3.13. The normalized spacial score (nSPS) is 23.9. The number of carbonyl (C=O) groups excluding carboxylic acids is 3. The molecule has 0 radical (unpaired) electrons. The van der Waals surface area contributed by atoms with Gasteiger partial charge in [-0.25, -0.2) is 4.98 Å². The first-order chi connectivity index (χ1) is 16.5. The number of pyridine rings is 2. The molecule has 0 spiro atoms. The highest BCUT2D eigenvalue weighted by molar-refractivity contribution is 6.21. The third-order valence-electron chi connectivity index (χ3n) is 6.97. The molecule has 1 atom stereocenters. The van der Waals surface area contributed by atoms with Crippen molar-refractivity contribution in [2.45, 2.75) is 37.8 Å². The summed E-state index contributed by atoms with van der Waals surface area (Å²) in [6.07, 6.45) is 3.45. The van der Waals surface area contributed by atoms with Gasteiger partial charge in [0.05, 0.1) is 30.0 Å². The number of hydrogen-bond donors (Lipinski definition) is 1. The minimum Gasteiger partial charge on any atom is -0.481 e. The Bertz CT molecular complexity index is 1310. The molecule has 0 bridgehead atoms. The van der Waals surface area contributed by atoms with Crippen molar-refractivity contribution in [1.29, 1.82) is 0 Å². The van der Waals surface area contributed by atoms with Crippen molar-refractivity contribution < 1.29 is 23.9 Å². The largest absolute Gasteiger partial charge is 0.481 e. The van der Waals surface area contributed by atoms with Crippen LogP contribution in [0.4, 0.5) is 5.69 Å². The topological polar surface area (TPSA) is 111 Å². The highest BCUT2D eigenvalue weighted by atomic mass is 16.5. The van der Waals surface area contributed by atoms with Crippen LogP contribution in [0.2, 0.25) is 0 Å². The number of amides is 3. The number of carbonyl (C=O) groups is 3. The summed E-state index contributed by atoms with van der Waals surface area (Å²) in [4.78, 5) is 48.8. The second-order valence-corrected chi connectivity index (χ2v) is 8.84. The van der Waals surface area contributed by atoms with E-state index in [4.69, 9.17) is 9.47 Å². The minimum atomic E-state index is -0.686. The Kier molecular flexibility index (Phi) is 4.72. The molecule has 0 saturated heterocycles. The molecule has 9 nitrogen and oxygen atoms in total. The van der Waals surface area contributed by atoms with Crippen LogP contribution < -0.4 is 14.8 Å². The molecule has 1 aromatic carbocycles. The van der Waals surface area contributed by atoms with Crippen LogP contribution in [0.5, 0.6) is 11.6 Å². The van der Waals surface area contributed by atoms with Gasteiger partial charge < -0.3 is 14.8 Å². The number of aromatic nitrogens is 2. The summed E-state index contributed by atoms with van der Waals surface area (Å²) >= 11 is 0. The lowest BCUT2D eigenvalue weighted by molar-refractivity contribution is -0.126. The molecular weight excluding hydrogens is 436 g/mol. The fourth-order valence-corrected chi connectivity index (χ4v) is 5.24. The highest BCUT2D eigenvalue weighted by Crippen LogP contribution is 2.41. The van der Waals surface area contributed by atoms with E-state index in [1.165, 1.54) is 12.0 Å². The summed E-state index contributed by atoms with van der Waals surface area (Å²) in [7, 11) is 1.54. The van der Waals surface area contributed by atoms with Gasteiger partial charge in [-0.2, -0.15) is 0 Å². The third kappa shape index (κ3) is 3.11. The number of anilines is 1. The second-order valence-electron chi connectivity index (χ2n) is 8.84. The lowest BCUT2D eigenvalue weighted by atomic mass is 9.81. The lowest BCUT2D eigenvalue weighted by Crippen LogP contribution is -2.47. The number of benzene rings is 1. The molecule has 172 valence electrons. The molecule has 1 unspecified atom stereocenters. The molecule has 4 heterocycles. The fourth-order valence-electron chi connectivity index (χ4n) is 5.24. The van der Waals surface area contributed by atoms with E-state index >= 15 is 0 Å². The van der Waals surface area contributed by atoms with Crippen LogP contribution in [-0.4, -0.2) is 51.8 Å². The van der Waals surface area contributed by atoms with E-state index in [9.17, 15) is 14.4 Å². The molecule has 1 aliphatic carbocycles. The number of nitrogens with one attached hydrogen (secondary N) is 1. The fraction of sp³-hybridized carbons (Fsp3) is 0.320. The maximum absolute atomic E-state index is 12.9. The van der Waals surface area contributed by atoms with E-state index in [1.807, 2.05) is 0 Å². The number of rotatable bonds is 3. The molecule has 1 saturated carbocycles. The lowest BCUT2D eigenvalue weighted by Gasteiger charge is -2.37. The minimum absolute atomic E-state index is 0.0478. The van der Waals surface area contributed by atoms with E-state index in [1.54, 1.807) is 42.6 Å². The molecule has 3 amide bonds. The predicted molar refractivity (Wildman–Crippen MR) is 122 cm³/mol. The van der Waals surface area contributed by atoms with Crippen LogP contribution >= 0.6 is 0 Å². The maximum Gasteiger partial charge on any atom is 0.265 e. The molecule has 1 N–H and O–H groups in total. The van der Waals surface area contributed by atoms with Crippen LogP contribution in [-0.2, 0) is 4.79 Å². The van der Waals surface area contributed by atoms with E-state index in [0.29, 0.717) is 65.2 Å². The third-order valence-corrected chi connectivity index (χ3v) is 6.97.